The highest BCUT2D eigenvalue weighted by atomic mass is 32.1. The Hall–Kier alpha value is -2.59. The molecule has 3 nitrogen and oxygen atoms in total. The number of nitrogens with zero attached hydrogens (tertiary/aromatic N) is 2. The first-order valence-electron chi connectivity index (χ1n) is 9.12. The van der Waals surface area contributed by atoms with Crippen LogP contribution in [0.25, 0.3) is 16.3 Å². The van der Waals surface area contributed by atoms with Gasteiger partial charge in [0.05, 0.1) is 7.11 Å². The van der Waals surface area contributed by atoms with Gasteiger partial charge in [-0.25, -0.2) is 0 Å². The number of hydrogen-bond acceptors (Lipinski definition) is 3. The fourth-order valence-corrected chi connectivity index (χ4v) is 5.04. The quantitative estimate of drug-likeness (QED) is 0.593. The number of anilines is 1. The third kappa shape index (κ3) is 2.85. The van der Waals surface area contributed by atoms with E-state index in [4.69, 9.17) is 4.74 Å². The SMILES string of the molecule is COc1ccc2c(c1)sc(C=CC=C1N(C)c3ccccc3C1(C)C)[n+]2C. The summed E-state index contributed by atoms with van der Waals surface area (Å²) in [5.41, 5.74) is 5.21. The number of likely N-dealkylation sites (N-methyl/N-ethyl adjacent to an activating group) is 1. The van der Waals surface area contributed by atoms with Crippen LogP contribution in [-0.2, 0) is 12.5 Å². The molecule has 138 valence electrons. The molecule has 0 radical (unpaired) electrons. The van der Waals surface area contributed by atoms with Crippen LogP contribution in [-0.4, -0.2) is 14.2 Å². The molecule has 0 saturated heterocycles. The molecule has 0 aliphatic carbocycles. The maximum Gasteiger partial charge on any atom is 0.262 e. The summed E-state index contributed by atoms with van der Waals surface area (Å²) in [4.78, 5) is 2.30. The molecule has 0 atom stereocenters. The Morgan fingerprint density at radius 2 is 1.93 bits per heavy atom. The van der Waals surface area contributed by atoms with Crippen molar-refractivity contribution in [3.63, 3.8) is 0 Å². The fourth-order valence-electron chi connectivity index (χ4n) is 3.95. The molecule has 4 heteroatoms. The van der Waals surface area contributed by atoms with E-state index in [0.29, 0.717) is 0 Å². The standard InChI is InChI=1S/C23H25N2OS/c1-23(2)17-9-6-7-10-18(17)24(3)21(23)11-8-12-22-25(4)19-14-13-16(26-5)15-20(19)27-22/h6-15H,1-5H3/q+1. The Morgan fingerprint density at radius 3 is 2.67 bits per heavy atom. The number of ether oxygens (including phenoxy) is 1. The Kier molecular flexibility index (Phi) is 4.31. The molecule has 0 saturated carbocycles. The molecule has 0 N–H and O–H groups in total. The number of allylic oxidation sites excluding steroid dienone is 3. The maximum atomic E-state index is 5.35. The highest BCUT2D eigenvalue weighted by molar-refractivity contribution is 7.18. The summed E-state index contributed by atoms with van der Waals surface area (Å²) in [7, 11) is 5.97. The van der Waals surface area contributed by atoms with Crippen LogP contribution in [0.5, 0.6) is 5.75 Å². The Balaban J connectivity index is 1.68. The van der Waals surface area contributed by atoms with Crippen molar-refractivity contribution in [1.82, 2.24) is 0 Å². The Labute approximate surface area is 164 Å². The lowest BCUT2D eigenvalue weighted by Gasteiger charge is -2.23. The summed E-state index contributed by atoms with van der Waals surface area (Å²) in [6.45, 7) is 4.58. The first kappa shape index (κ1) is 17.8. The Morgan fingerprint density at radius 1 is 1.15 bits per heavy atom. The molecule has 1 aliphatic rings. The fraction of sp³-hybridized carbons (Fsp3) is 0.261. The molecule has 0 spiro atoms. The molecule has 4 rings (SSSR count). The summed E-state index contributed by atoms with van der Waals surface area (Å²) in [6.07, 6.45) is 6.60. The second-order valence-corrected chi connectivity index (χ2v) is 8.51. The van der Waals surface area contributed by atoms with Crippen LogP contribution in [0, 0.1) is 0 Å². The van der Waals surface area contributed by atoms with E-state index < -0.39 is 0 Å². The van der Waals surface area contributed by atoms with Crippen LogP contribution >= 0.6 is 11.3 Å². The minimum Gasteiger partial charge on any atom is -0.497 e. The number of methoxy groups -OCH3 is 1. The average molecular weight is 378 g/mol. The molecule has 0 fully saturated rings. The first-order chi connectivity index (χ1) is 12.9. The second kappa shape index (κ2) is 6.54. The number of benzene rings is 2. The van der Waals surface area contributed by atoms with Gasteiger partial charge in [0.25, 0.3) is 5.01 Å². The van der Waals surface area contributed by atoms with Gasteiger partial charge in [0.15, 0.2) is 0 Å². The van der Waals surface area contributed by atoms with Crippen molar-refractivity contribution in [1.29, 1.82) is 0 Å². The first-order valence-corrected chi connectivity index (χ1v) is 9.94. The molecule has 2 heterocycles. The lowest BCUT2D eigenvalue weighted by atomic mass is 9.84. The van der Waals surface area contributed by atoms with E-state index in [1.165, 1.54) is 32.2 Å². The zero-order chi connectivity index (χ0) is 19.2. The van der Waals surface area contributed by atoms with Crippen LogP contribution in [0.3, 0.4) is 0 Å². The Bertz CT molecular complexity index is 1080. The molecule has 0 bridgehead atoms. The van der Waals surface area contributed by atoms with Gasteiger partial charge in [-0.1, -0.05) is 49.5 Å². The zero-order valence-corrected chi connectivity index (χ0v) is 17.3. The van der Waals surface area contributed by atoms with Gasteiger partial charge < -0.3 is 9.64 Å². The number of hydrogen-bond donors (Lipinski definition) is 0. The van der Waals surface area contributed by atoms with Crippen LogP contribution < -0.4 is 14.2 Å². The van der Waals surface area contributed by atoms with E-state index in [0.717, 1.165) is 5.75 Å². The molecule has 0 unspecified atom stereocenters. The largest absolute Gasteiger partial charge is 0.497 e. The molecular formula is C23H25N2OS+. The average Bonchev–Trinajstić information content (AvgIpc) is 3.08. The molecule has 2 aromatic carbocycles. The third-order valence-electron chi connectivity index (χ3n) is 5.51. The third-order valence-corrected chi connectivity index (χ3v) is 6.67. The second-order valence-electron chi connectivity index (χ2n) is 7.45. The predicted molar refractivity (Wildman–Crippen MR) is 115 cm³/mol. The number of rotatable bonds is 3. The molecular weight excluding hydrogens is 352 g/mol. The monoisotopic (exact) mass is 377 g/mol. The van der Waals surface area contributed by atoms with E-state index in [2.05, 4.69) is 92.0 Å². The summed E-state index contributed by atoms with van der Waals surface area (Å²) in [6, 6.07) is 14.9. The van der Waals surface area contributed by atoms with Gasteiger partial charge in [0.1, 0.15) is 17.5 Å². The van der Waals surface area contributed by atoms with Crippen molar-refractivity contribution in [3.8, 4) is 5.75 Å². The van der Waals surface area contributed by atoms with Gasteiger partial charge in [0.2, 0.25) is 5.52 Å². The smallest absolute Gasteiger partial charge is 0.262 e. The van der Waals surface area contributed by atoms with Crippen molar-refractivity contribution < 1.29 is 9.30 Å². The predicted octanol–water partition coefficient (Wildman–Crippen LogP) is 5.06. The van der Waals surface area contributed by atoms with Crippen molar-refractivity contribution in [3.05, 3.63) is 70.9 Å². The van der Waals surface area contributed by atoms with Crippen LogP contribution in [0.4, 0.5) is 5.69 Å². The van der Waals surface area contributed by atoms with Crippen molar-refractivity contribution in [2.24, 2.45) is 7.05 Å². The van der Waals surface area contributed by atoms with Gasteiger partial charge in [-0.3, -0.25) is 0 Å². The minimum absolute atomic E-state index is 0.00536. The molecule has 0 amide bonds. The van der Waals surface area contributed by atoms with Crippen LogP contribution in [0.1, 0.15) is 24.4 Å². The maximum absolute atomic E-state index is 5.35. The van der Waals surface area contributed by atoms with Gasteiger partial charge >= 0.3 is 0 Å². The van der Waals surface area contributed by atoms with Crippen LogP contribution in [0.15, 0.2) is 60.3 Å². The molecule has 27 heavy (non-hydrogen) atoms. The summed E-state index contributed by atoms with van der Waals surface area (Å²) in [5, 5.41) is 1.21. The lowest BCUT2D eigenvalue weighted by Crippen LogP contribution is -2.28. The van der Waals surface area contributed by atoms with Gasteiger partial charge in [0, 0.05) is 42.1 Å². The normalized spacial score (nSPS) is 17.2. The van der Waals surface area contributed by atoms with E-state index in [9.17, 15) is 0 Å². The summed E-state index contributed by atoms with van der Waals surface area (Å²) >= 11 is 1.78. The van der Waals surface area contributed by atoms with E-state index >= 15 is 0 Å². The van der Waals surface area contributed by atoms with Crippen LogP contribution in [0.2, 0.25) is 0 Å². The number of para-hydroxylation sites is 1. The van der Waals surface area contributed by atoms with Gasteiger partial charge in [-0.05, 0) is 23.8 Å². The van der Waals surface area contributed by atoms with Crippen molar-refractivity contribution in [2.75, 3.05) is 19.1 Å². The number of aryl methyl sites for hydroxylation is 1. The highest BCUT2D eigenvalue weighted by Crippen LogP contribution is 2.46. The number of aromatic nitrogens is 1. The van der Waals surface area contributed by atoms with Crippen molar-refractivity contribution >= 4 is 33.3 Å². The summed E-state index contributed by atoms with van der Waals surface area (Å²) < 4.78 is 8.81. The van der Waals surface area contributed by atoms with Gasteiger partial charge in [-0.15, -0.1) is 0 Å². The minimum atomic E-state index is 0.00536. The topological polar surface area (TPSA) is 16.4 Å². The molecule has 1 aromatic heterocycles. The number of thiazole rings is 1. The molecule has 3 aromatic rings. The molecule has 1 aliphatic heterocycles. The summed E-state index contributed by atoms with van der Waals surface area (Å²) in [5.74, 6) is 0.897. The number of fused-ring (bicyclic) bond motifs is 2. The lowest BCUT2D eigenvalue weighted by molar-refractivity contribution is -0.642. The van der Waals surface area contributed by atoms with Gasteiger partial charge in [-0.2, -0.15) is 4.57 Å². The zero-order valence-electron chi connectivity index (χ0n) is 16.5. The van der Waals surface area contributed by atoms with E-state index in [-0.39, 0.29) is 5.41 Å². The van der Waals surface area contributed by atoms with E-state index in [1.807, 2.05) is 6.07 Å². The highest BCUT2D eigenvalue weighted by Gasteiger charge is 2.37. The van der Waals surface area contributed by atoms with Crippen molar-refractivity contribution in [2.45, 2.75) is 19.3 Å². The van der Waals surface area contributed by atoms with E-state index in [1.54, 1.807) is 18.4 Å².